The molecule has 0 unspecified atom stereocenters. The number of hydrogen-bond donors (Lipinski definition) is 0. The minimum Gasteiger partial charge on any atom is -0.378 e. The number of benzene rings is 1. The van der Waals surface area contributed by atoms with Gasteiger partial charge in [-0.3, -0.25) is 4.79 Å². The first-order valence-electron chi connectivity index (χ1n) is 6.79. The van der Waals surface area contributed by atoms with Gasteiger partial charge in [-0.2, -0.15) is 0 Å². The molecule has 1 heterocycles. The maximum absolute atomic E-state index is 12.1. The molecule has 0 fully saturated rings. The lowest BCUT2D eigenvalue weighted by Crippen LogP contribution is -2.24. The van der Waals surface area contributed by atoms with E-state index >= 15 is 0 Å². The molecule has 0 radical (unpaired) electrons. The highest BCUT2D eigenvalue weighted by atomic mass is 32.1. The fourth-order valence-corrected chi connectivity index (χ4v) is 2.54. The smallest absolute Gasteiger partial charge is 0.246 e. The Morgan fingerprint density at radius 1 is 1.14 bits per heavy atom. The lowest BCUT2D eigenvalue weighted by molar-refractivity contribution is -0.125. The van der Waals surface area contributed by atoms with Crippen molar-refractivity contribution in [1.82, 2.24) is 4.90 Å². The molecule has 1 aromatic heterocycles. The van der Waals surface area contributed by atoms with Crippen molar-refractivity contribution in [3.63, 3.8) is 0 Å². The van der Waals surface area contributed by atoms with Gasteiger partial charge < -0.3 is 9.80 Å². The van der Waals surface area contributed by atoms with E-state index in [9.17, 15) is 4.79 Å². The number of thiophene rings is 1. The molecule has 1 aromatic carbocycles. The first-order chi connectivity index (χ1) is 10.1. The van der Waals surface area contributed by atoms with Crippen molar-refractivity contribution in [2.75, 3.05) is 26.0 Å². The Hall–Kier alpha value is -2.07. The van der Waals surface area contributed by atoms with Crippen LogP contribution in [-0.4, -0.2) is 32.0 Å². The van der Waals surface area contributed by atoms with Gasteiger partial charge in [0.05, 0.1) is 0 Å². The molecule has 0 saturated carbocycles. The Bertz CT molecular complexity index is 600. The van der Waals surface area contributed by atoms with Crippen LogP contribution in [0.4, 0.5) is 5.69 Å². The van der Waals surface area contributed by atoms with Gasteiger partial charge in [0, 0.05) is 44.3 Å². The minimum absolute atomic E-state index is 0.0140. The van der Waals surface area contributed by atoms with E-state index in [0.29, 0.717) is 6.54 Å². The molecule has 110 valence electrons. The molecule has 21 heavy (non-hydrogen) atoms. The molecule has 0 saturated heterocycles. The average molecular weight is 300 g/mol. The molecule has 4 heteroatoms. The van der Waals surface area contributed by atoms with Crippen LogP contribution in [0.5, 0.6) is 0 Å². The predicted octanol–water partition coefficient (Wildman–Crippen LogP) is 3.49. The van der Waals surface area contributed by atoms with Crippen LogP contribution in [0, 0.1) is 0 Å². The number of carbonyl (C=O) groups is 1. The van der Waals surface area contributed by atoms with Crippen LogP contribution in [0.25, 0.3) is 6.08 Å². The Morgan fingerprint density at radius 3 is 2.43 bits per heavy atom. The topological polar surface area (TPSA) is 23.6 Å². The highest BCUT2D eigenvalue weighted by molar-refractivity contribution is 7.10. The summed E-state index contributed by atoms with van der Waals surface area (Å²) < 4.78 is 0. The summed E-state index contributed by atoms with van der Waals surface area (Å²) in [5.41, 5.74) is 2.28. The predicted molar refractivity (Wildman–Crippen MR) is 90.6 cm³/mol. The molecule has 2 aromatic rings. The largest absolute Gasteiger partial charge is 0.378 e. The van der Waals surface area contributed by atoms with Gasteiger partial charge in [0.1, 0.15) is 0 Å². The molecule has 1 amide bonds. The summed E-state index contributed by atoms with van der Waals surface area (Å²) in [7, 11) is 5.85. The van der Waals surface area contributed by atoms with Gasteiger partial charge >= 0.3 is 0 Å². The number of hydrogen-bond acceptors (Lipinski definition) is 3. The van der Waals surface area contributed by atoms with Crippen LogP contribution in [0.2, 0.25) is 0 Å². The van der Waals surface area contributed by atoms with Gasteiger partial charge in [0.2, 0.25) is 5.91 Å². The van der Waals surface area contributed by atoms with E-state index in [1.54, 1.807) is 22.3 Å². The Labute approximate surface area is 130 Å². The molecular formula is C17H20N2OS. The Kier molecular flexibility index (Phi) is 5.17. The van der Waals surface area contributed by atoms with Crippen LogP contribution in [0.3, 0.4) is 0 Å². The van der Waals surface area contributed by atoms with Crippen molar-refractivity contribution in [1.29, 1.82) is 0 Å². The van der Waals surface area contributed by atoms with Crippen LogP contribution in [0.15, 0.2) is 47.9 Å². The van der Waals surface area contributed by atoms with E-state index in [-0.39, 0.29) is 5.91 Å². The van der Waals surface area contributed by atoms with Crippen molar-refractivity contribution in [3.05, 3.63) is 58.3 Å². The van der Waals surface area contributed by atoms with Gasteiger partial charge in [-0.25, -0.2) is 0 Å². The fourth-order valence-electron chi connectivity index (χ4n) is 1.92. The Balaban J connectivity index is 1.94. The second-order valence-corrected chi connectivity index (χ2v) is 6.08. The molecule has 0 spiro atoms. The van der Waals surface area contributed by atoms with E-state index < -0.39 is 0 Å². The third-order valence-electron chi connectivity index (χ3n) is 3.18. The average Bonchev–Trinajstić information content (AvgIpc) is 2.98. The summed E-state index contributed by atoms with van der Waals surface area (Å²) in [4.78, 5) is 16.9. The number of amides is 1. The zero-order chi connectivity index (χ0) is 15.2. The van der Waals surface area contributed by atoms with Crippen LogP contribution in [0.1, 0.15) is 10.4 Å². The monoisotopic (exact) mass is 300 g/mol. The maximum atomic E-state index is 12.1. The molecule has 0 bridgehead atoms. The number of nitrogens with zero attached hydrogens (tertiary/aromatic N) is 2. The van der Waals surface area contributed by atoms with Crippen molar-refractivity contribution in [3.8, 4) is 0 Å². The molecule has 3 nitrogen and oxygen atoms in total. The Morgan fingerprint density at radius 2 is 1.86 bits per heavy atom. The highest BCUT2D eigenvalue weighted by Crippen LogP contribution is 2.14. The van der Waals surface area contributed by atoms with E-state index in [1.165, 1.54) is 0 Å². The number of likely N-dealkylation sites (N-methyl/N-ethyl adjacent to an activating group) is 1. The zero-order valence-corrected chi connectivity index (χ0v) is 13.4. The summed E-state index contributed by atoms with van der Waals surface area (Å²) in [5.74, 6) is 0.0140. The van der Waals surface area contributed by atoms with Gasteiger partial charge in [-0.15, -0.1) is 11.3 Å². The summed E-state index contributed by atoms with van der Waals surface area (Å²) in [6, 6.07) is 12.2. The van der Waals surface area contributed by atoms with Crippen LogP contribution in [-0.2, 0) is 11.3 Å². The SMILES string of the molecule is CN(Cc1ccc(N(C)C)cc1)C(=O)/C=C/c1cccs1. The summed E-state index contributed by atoms with van der Waals surface area (Å²) in [6.07, 6.45) is 3.48. The number of carbonyl (C=O) groups excluding carboxylic acids is 1. The number of anilines is 1. The lowest BCUT2D eigenvalue weighted by Gasteiger charge is -2.17. The first-order valence-corrected chi connectivity index (χ1v) is 7.67. The zero-order valence-electron chi connectivity index (χ0n) is 12.6. The second-order valence-electron chi connectivity index (χ2n) is 5.10. The van der Waals surface area contributed by atoms with E-state index in [4.69, 9.17) is 0 Å². The number of rotatable bonds is 5. The van der Waals surface area contributed by atoms with Gasteiger partial charge in [0.25, 0.3) is 0 Å². The van der Waals surface area contributed by atoms with Gasteiger partial charge in [-0.05, 0) is 35.2 Å². The van der Waals surface area contributed by atoms with Crippen molar-refractivity contribution >= 4 is 29.0 Å². The van der Waals surface area contributed by atoms with Crippen molar-refractivity contribution < 1.29 is 4.79 Å². The minimum atomic E-state index is 0.0140. The molecular weight excluding hydrogens is 280 g/mol. The molecule has 2 rings (SSSR count). The van der Waals surface area contributed by atoms with E-state index in [2.05, 4.69) is 29.2 Å². The fraction of sp³-hybridized carbons (Fsp3) is 0.235. The third-order valence-corrected chi connectivity index (χ3v) is 4.02. The quantitative estimate of drug-likeness (QED) is 0.789. The first kappa shape index (κ1) is 15.3. The van der Waals surface area contributed by atoms with Crippen molar-refractivity contribution in [2.45, 2.75) is 6.54 Å². The van der Waals surface area contributed by atoms with E-state index in [0.717, 1.165) is 16.1 Å². The van der Waals surface area contributed by atoms with E-state index in [1.807, 2.05) is 44.7 Å². The third kappa shape index (κ3) is 4.46. The van der Waals surface area contributed by atoms with Crippen LogP contribution < -0.4 is 4.90 Å². The molecule has 0 atom stereocenters. The molecule has 0 N–H and O–H groups in total. The molecule has 0 aliphatic carbocycles. The summed E-state index contributed by atoms with van der Waals surface area (Å²) in [5, 5.41) is 2.00. The van der Waals surface area contributed by atoms with Gasteiger partial charge in [-0.1, -0.05) is 18.2 Å². The van der Waals surface area contributed by atoms with Gasteiger partial charge in [0.15, 0.2) is 0 Å². The lowest BCUT2D eigenvalue weighted by atomic mass is 10.2. The van der Waals surface area contributed by atoms with Crippen molar-refractivity contribution in [2.24, 2.45) is 0 Å². The normalized spacial score (nSPS) is 10.8. The molecule has 0 aliphatic heterocycles. The second kappa shape index (κ2) is 7.09. The standard InChI is InChI=1S/C17H20N2OS/c1-18(2)15-8-6-14(7-9-15)13-19(3)17(20)11-10-16-5-4-12-21-16/h4-12H,13H2,1-3H3/b11-10+. The summed E-state index contributed by atoms with van der Waals surface area (Å²) >= 11 is 1.62. The van der Waals surface area contributed by atoms with Crippen LogP contribution >= 0.6 is 11.3 Å². The maximum Gasteiger partial charge on any atom is 0.246 e. The summed E-state index contributed by atoms with van der Waals surface area (Å²) in [6.45, 7) is 0.612. The molecule has 0 aliphatic rings. The highest BCUT2D eigenvalue weighted by Gasteiger charge is 2.06.